The molecule has 7 nitrogen and oxygen atoms in total. The van der Waals surface area contributed by atoms with Gasteiger partial charge in [0.2, 0.25) is 0 Å². The third-order valence-electron chi connectivity index (χ3n) is 4.71. The Balaban J connectivity index is 1.55. The molecule has 1 aromatic heterocycles. The minimum absolute atomic E-state index is 0.270. The van der Waals surface area contributed by atoms with E-state index < -0.39 is 0 Å². The maximum atomic E-state index is 12.2. The zero-order chi connectivity index (χ0) is 19.1. The summed E-state index contributed by atoms with van der Waals surface area (Å²) in [5, 5.41) is 14.4. The maximum absolute atomic E-state index is 12.2. The predicted molar refractivity (Wildman–Crippen MR) is 106 cm³/mol. The van der Waals surface area contributed by atoms with Gasteiger partial charge in [0.15, 0.2) is 5.69 Å². The van der Waals surface area contributed by atoms with Crippen molar-refractivity contribution in [3.63, 3.8) is 0 Å². The Kier molecular flexibility index (Phi) is 6.73. The number of ether oxygens (including phenoxy) is 1. The van der Waals surface area contributed by atoms with Gasteiger partial charge in [0.05, 0.1) is 13.2 Å². The van der Waals surface area contributed by atoms with E-state index in [2.05, 4.69) is 39.6 Å². The highest BCUT2D eigenvalue weighted by Gasteiger charge is 2.23. The standard InChI is InChI=1S/C20H27N5O2/c1-15(2)18(25-10-12-27-13-11-25)14-21-19-9-8-17(23-24-19)20(26)22-16-6-4-3-5-7-16/h3-9,15,18H,10-14H2,1-2H3,(H,21,24)(H,22,26). The van der Waals surface area contributed by atoms with Crippen molar-refractivity contribution in [2.24, 2.45) is 5.92 Å². The molecule has 7 heteroatoms. The summed E-state index contributed by atoms with van der Waals surface area (Å²) >= 11 is 0. The molecular formula is C20H27N5O2. The molecule has 27 heavy (non-hydrogen) atoms. The quantitative estimate of drug-likeness (QED) is 0.781. The molecule has 3 rings (SSSR count). The topological polar surface area (TPSA) is 79.4 Å². The maximum Gasteiger partial charge on any atom is 0.276 e. The number of amides is 1. The van der Waals surface area contributed by atoms with E-state index in [-0.39, 0.29) is 11.6 Å². The van der Waals surface area contributed by atoms with Crippen molar-refractivity contribution in [2.45, 2.75) is 19.9 Å². The second-order valence-electron chi connectivity index (χ2n) is 6.96. The minimum atomic E-state index is -0.270. The Bertz CT molecular complexity index is 715. The second kappa shape index (κ2) is 9.43. The highest BCUT2D eigenvalue weighted by Crippen LogP contribution is 2.14. The fraction of sp³-hybridized carbons (Fsp3) is 0.450. The Morgan fingerprint density at radius 2 is 1.85 bits per heavy atom. The summed E-state index contributed by atoms with van der Waals surface area (Å²) in [7, 11) is 0. The van der Waals surface area contributed by atoms with Gasteiger partial charge in [-0.25, -0.2) is 0 Å². The molecular weight excluding hydrogens is 342 g/mol. The Morgan fingerprint density at radius 3 is 2.48 bits per heavy atom. The summed E-state index contributed by atoms with van der Waals surface area (Å²) in [6.45, 7) is 8.71. The van der Waals surface area contributed by atoms with Crippen LogP contribution in [0, 0.1) is 5.92 Å². The lowest BCUT2D eigenvalue weighted by atomic mass is 10.0. The van der Waals surface area contributed by atoms with Crippen molar-refractivity contribution in [3.8, 4) is 0 Å². The van der Waals surface area contributed by atoms with E-state index in [4.69, 9.17) is 4.74 Å². The van der Waals surface area contributed by atoms with Gasteiger partial charge in [-0.3, -0.25) is 9.69 Å². The second-order valence-corrected chi connectivity index (χ2v) is 6.96. The van der Waals surface area contributed by atoms with Crippen molar-refractivity contribution < 1.29 is 9.53 Å². The van der Waals surface area contributed by atoms with E-state index in [1.807, 2.05) is 30.3 Å². The summed E-state index contributed by atoms with van der Waals surface area (Å²) < 4.78 is 5.45. The SMILES string of the molecule is CC(C)C(CNc1ccc(C(=O)Nc2ccccc2)nn1)N1CCOCC1. The highest BCUT2D eigenvalue weighted by atomic mass is 16.5. The molecule has 0 saturated carbocycles. The molecule has 0 spiro atoms. The van der Waals surface area contributed by atoms with Crippen LogP contribution >= 0.6 is 0 Å². The van der Waals surface area contributed by atoms with Crippen molar-refractivity contribution in [2.75, 3.05) is 43.5 Å². The van der Waals surface area contributed by atoms with E-state index in [9.17, 15) is 4.79 Å². The zero-order valence-corrected chi connectivity index (χ0v) is 15.9. The Morgan fingerprint density at radius 1 is 1.11 bits per heavy atom. The van der Waals surface area contributed by atoms with Gasteiger partial charge in [-0.1, -0.05) is 32.0 Å². The minimum Gasteiger partial charge on any atom is -0.379 e. The van der Waals surface area contributed by atoms with Crippen LogP contribution < -0.4 is 10.6 Å². The number of morpholine rings is 1. The summed E-state index contributed by atoms with van der Waals surface area (Å²) in [5.74, 6) is 0.915. The molecule has 1 saturated heterocycles. The van der Waals surface area contributed by atoms with Crippen LogP contribution in [-0.2, 0) is 4.74 Å². The fourth-order valence-corrected chi connectivity index (χ4v) is 3.17. The predicted octanol–water partition coefficient (Wildman–Crippen LogP) is 2.50. The molecule has 0 bridgehead atoms. The van der Waals surface area contributed by atoms with Crippen LogP contribution in [0.1, 0.15) is 24.3 Å². The first-order valence-corrected chi connectivity index (χ1v) is 9.39. The molecule has 2 heterocycles. The lowest BCUT2D eigenvalue weighted by molar-refractivity contribution is 0.00953. The normalized spacial score (nSPS) is 16.1. The molecule has 0 radical (unpaired) electrons. The third-order valence-corrected chi connectivity index (χ3v) is 4.71. The van der Waals surface area contributed by atoms with E-state index in [1.165, 1.54) is 0 Å². The summed E-state index contributed by atoms with van der Waals surface area (Å²) in [4.78, 5) is 14.7. The lowest BCUT2D eigenvalue weighted by Gasteiger charge is -2.37. The first-order chi connectivity index (χ1) is 13.1. The number of nitrogens with zero attached hydrogens (tertiary/aromatic N) is 3. The zero-order valence-electron chi connectivity index (χ0n) is 15.9. The first-order valence-electron chi connectivity index (χ1n) is 9.39. The monoisotopic (exact) mass is 369 g/mol. The number of benzene rings is 1. The van der Waals surface area contributed by atoms with Crippen LogP contribution in [0.3, 0.4) is 0 Å². The molecule has 1 unspecified atom stereocenters. The van der Waals surface area contributed by atoms with Crippen LogP contribution in [0.2, 0.25) is 0 Å². The molecule has 144 valence electrons. The van der Waals surface area contributed by atoms with Crippen LogP contribution in [0.15, 0.2) is 42.5 Å². The average Bonchev–Trinajstić information content (AvgIpc) is 2.70. The van der Waals surface area contributed by atoms with E-state index in [0.717, 1.165) is 38.5 Å². The molecule has 2 N–H and O–H groups in total. The molecule has 1 aromatic carbocycles. The lowest BCUT2D eigenvalue weighted by Crippen LogP contribution is -2.49. The summed E-state index contributed by atoms with van der Waals surface area (Å²) in [6.07, 6.45) is 0. The van der Waals surface area contributed by atoms with Crippen molar-refractivity contribution in [3.05, 3.63) is 48.2 Å². The molecule has 2 aromatic rings. The number of hydrogen-bond donors (Lipinski definition) is 2. The number of aromatic nitrogens is 2. The first kappa shape index (κ1) is 19.3. The molecule has 1 aliphatic rings. The summed E-state index contributed by atoms with van der Waals surface area (Å²) in [6, 6.07) is 13.2. The number of hydrogen-bond acceptors (Lipinski definition) is 6. The van der Waals surface area contributed by atoms with E-state index >= 15 is 0 Å². The van der Waals surface area contributed by atoms with Crippen molar-refractivity contribution in [1.29, 1.82) is 0 Å². The highest BCUT2D eigenvalue weighted by molar-refractivity contribution is 6.02. The number of carbonyl (C=O) groups is 1. The summed E-state index contributed by atoms with van der Waals surface area (Å²) in [5.41, 5.74) is 1.02. The van der Waals surface area contributed by atoms with Gasteiger partial charge in [-0.2, -0.15) is 0 Å². The van der Waals surface area contributed by atoms with Gasteiger partial charge in [-0.05, 0) is 30.2 Å². The van der Waals surface area contributed by atoms with Crippen LogP contribution in [0.5, 0.6) is 0 Å². The third kappa shape index (κ3) is 5.48. The largest absolute Gasteiger partial charge is 0.379 e. The Labute approximate surface area is 160 Å². The number of carbonyl (C=O) groups excluding carboxylic acids is 1. The number of nitrogens with one attached hydrogen (secondary N) is 2. The molecule has 0 aliphatic carbocycles. The number of para-hydroxylation sites is 1. The Hall–Kier alpha value is -2.51. The van der Waals surface area contributed by atoms with Crippen LogP contribution in [0.25, 0.3) is 0 Å². The molecule has 1 fully saturated rings. The van der Waals surface area contributed by atoms with E-state index in [1.54, 1.807) is 12.1 Å². The number of rotatable bonds is 7. The number of anilines is 2. The van der Waals surface area contributed by atoms with Gasteiger partial charge in [0.1, 0.15) is 5.82 Å². The molecule has 1 atom stereocenters. The fourth-order valence-electron chi connectivity index (χ4n) is 3.17. The van der Waals surface area contributed by atoms with Crippen LogP contribution in [-0.4, -0.2) is 59.9 Å². The van der Waals surface area contributed by atoms with Gasteiger partial charge in [0, 0.05) is 31.4 Å². The van der Waals surface area contributed by atoms with Gasteiger partial charge < -0.3 is 15.4 Å². The van der Waals surface area contributed by atoms with Gasteiger partial charge >= 0.3 is 0 Å². The van der Waals surface area contributed by atoms with Crippen LogP contribution in [0.4, 0.5) is 11.5 Å². The molecule has 1 aliphatic heterocycles. The van der Waals surface area contributed by atoms with Crippen molar-refractivity contribution >= 4 is 17.4 Å². The smallest absolute Gasteiger partial charge is 0.276 e. The van der Waals surface area contributed by atoms with Gasteiger partial charge in [-0.15, -0.1) is 10.2 Å². The van der Waals surface area contributed by atoms with Gasteiger partial charge in [0.25, 0.3) is 5.91 Å². The average molecular weight is 369 g/mol. The molecule has 1 amide bonds. The van der Waals surface area contributed by atoms with Crippen molar-refractivity contribution in [1.82, 2.24) is 15.1 Å². The van der Waals surface area contributed by atoms with E-state index in [0.29, 0.717) is 17.8 Å².